The smallest absolute Gasteiger partial charge is 0.242 e. The molecule has 0 amide bonds. The number of sulfonamides is 1. The molecule has 7 nitrogen and oxygen atoms in total. The highest BCUT2D eigenvalue weighted by molar-refractivity contribution is 14.0. The zero-order valence-electron chi connectivity index (χ0n) is 12.6. The number of nitrogens with one attached hydrogen (secondary N) is 3. The van der Waals surface area contributed by atoms with E-state index in [0.717, 1.165) is 12.3 Å². The number of aromatic nitrogens is 1. The van der Waals surface area contributed by atoms with Gasteiger partial charge < -0.3 is 10.6 Å². The van der Waals surface area contributed by atoms with Crippen LogP contribution in [0.1, 0.15) is 0 Å². The summed E-state index contributed by atoms with van der Waals surface area (Å²) in [6.45, 7) is 1.52. The van der Waals surface area contributed by atoms with Gasteiger partial charge in [0.25, 0.3) is 0 Å². The second kappa shape index (κ2) is 11.9. The number of pyridine rings is 1. The molecule has 0 aliphatic heterocycles. The monoisotopic (exact) mass is 459 g/mol. The first kappa shape index (κ1) is 21.4. The van der Waals surface area contributed by atoms with E-state index < -0.39 is 10.0 Å². The Labute approximate surface area is 153 Å². The van der Waals surface area contributed by atoms with Crippen molar-refractivity contribution in [1.82, 2.24) is 20.3 Å². The molecule has 1 aromatic heterocycles. The fourth-order valence-electron chi connectivity index (χ4n) is 1.45. The summed E-state index contributed by atoms with van der Waals surface area (Å²) >= 11 is 1.74. The molecule has 0 radical (unpaired) electrons. The van der Waals surface area contributed by atoms with Gasteiger partial charge >= 0.3 is 0 Å². The SMILES string of the molecule is CN=C(NCCNS(=O)(=O)c1cccnc1)NCCSC.I. The predicted octanol–water partition coefficient (Wildman–Crippen LogP) is 0.506. The first-order chi connectivity index (χ1) is 10.1. The summed E-state index contributed by atoms with van der Waals surface area (Å²) in [7, 11) is -1.83. The third-order valence-corrected chi connectivity index (χ3v) is 4.54. The van der Waals surface area contributed by atoms with Gasteiger partial charge in [-0.15, -0.1) is 24.0 Å². The van der Waals surface area contributed by atoms with Crippen LogP contribution in [0.3, 0.4) is 0 Å². The maximum atomic E-state index is 11.9. The molecule has 0 saturated carbocycles. The number of hydrogen-bond donors (Lipinski definition) is 3. The van der Waals surface area contributed by atoms with Gasteiger partial charge in [-0.25, -0.2) is 13.1 Å². The topological polar surface area (TPSA) is 95.5 Å². The van der Waals surface area contributed by atoms with Crippen LogP contribution in [-0.4, -0.2) is 58.1 Å². The lowest BCUT2D eigenvalue weighted by molar-refractivity contribution is 0.580. The van der Waals surface area contributed by atoms with Crippen LogP contribution in [-0.2, 0) is 10.0 Å². The van der Waals surface area contributed by atoms with E-state index >= 15 is 0 Å². The van der Waals surface area contributed by atoms with Crippen LogP contribution >= 0.6 is 35.7 Å². The number of nitrogens with zero attached hydrogens (tertiary/aromatic N) is 2. The van der Waals surface area contributed by atoms with Gasteiger partial charge in [-0.3, -0.25) is 9.98 Å². The summed E-state index contributed by atoms with van der Waals surface area (Å²) in [5.41, 5.74) is 0. The van der Waals surface area contributed by atoms with Crippen molar-refractivity contribution >= 4 is 51.7 Å². The minimum Gasteiger partial charge on any atom is -0.356 e. The maximum absolute atomic E-state index is 11.9. The van der Waals surface area contributed by atoms with E-state index in [9.17, 15) is 8.42 Å². The molecule has 3 N–H and O–H groups in total. The van der Waals surface area contributed by atoms with Gasteiger partial charge in [-0.05, 0) is 18.4 Å². The summed E-state index contributed by atoms with van der Waals surface area (Å²) in [5, 5.41) is 6.17. The van der Waals surface area contributed by atoms with Crippen molar-refractivity contribution in [2.24, 2.45) is 4.99 Å². The van der Waals surface area contributed by atoms with Crippen molar-refractivity contribution < 1.29 is 8.42 Å². The van der Waals surface area contributed by atoms with E-state index in [1.165, 1.54) is 18.5 Å². The van der Waals surface area contributed by atoms with Gasteiger partial charge in [0.05, 0.1) is 0 Å². The molecule has 0 saturated heterocycles. The number of hydrogen-bond acceptors (Lipinski definition) is 5. The minimum absolute atomic E-state index is 0. The highest BCUT2D eigenvalue weighted by Gasteiger charge is 2.12. The molecule has 0 bridgehead atoms. The molecule has 1 heterocycles. The van der Waals surface area contributed by atoms with Crippen molar-refractivity contribution in [3.8, 4) is 0 Å². The van der Waals surface area contributed by atoms with Crippen LogP contribution in [0.15, 0.2) is 34.4 Å². The molecular formula is C12H22IN5O2S2. The van der Waals surface area contributed by atoms with Crippen molar-refractivity contribution in [2.45, 2.75) is 4.90 Å². The van der Waals surface area contributed by atoms with E-state index in [1.54, 1.807) is 24.9 Å². The summed E-state index contributed by atoms with van der Waals surface area (Å²) in [5.74, 6) is 1.64. The molecule has 1 aromatic rings. The summed E-state index contributed by atoms with van der Waals surface area (Å²) in [6, 6.07) is 3.09. The Morgan fingerprint density at radius 1 is 1.32 bits per heavy atom. The van der Waals surface area contributed by atoms with Gasteiger partial charge in [0.1, 0.15) is 4.90 Å². The normalized spacial score (nSPS) is 11.6. The highest BCUT2D eigenvalue weighted by atomic mass is 127. The first-order valence-electron chi connectivity index (χ1n) is 6.43. The second-order valence-electron chi connectivity index (χ2n) is 4.01. The van der Waals surface area contributed by atoms with Crippen LogP contribution < -0.4 is 15.4 Å². The quantitative estimate of drug-likeness (QED) is 0.227. The van der Waals surface area contributed by atoms with E-state index in [4.69, 9.17) is 0 Å². The molecule has 22 heavy (non-hydrogen) atoms. The van der Waals surface area contributed by atoms with E-state index in [2.05, 4.69) is 25.3 Å². The lowest BCUT2D eigenvalue weighted by Gasteiger charge is -2.12. The number of rotatable bonds is 8. The van der Waals surface area contributed by atoms with Gasteiger partial charge in [-0.1, -0.05) is 0 Å². The molecule has 0 unspecified atom stereocenters. The average molecular weight is 459 g/mol. The van der Waals surface area contributed by atoms with Gasteiger partial charge in [-0.2, -0.15) is 11.8 Å². The molecular weight excluding hydrogens is 437 g/mol. The van der Waals surface area contributed by atoms with Crippen molar-refractivity contribution in [2.75, 3.05) is 38.7 Å². The fourth-order valence-corrected chi connectivity index (χ4v) is 2.75. The van der Waals surface area contributed by atoms with Crippen LogP contribution in [0.25, 0.3) is 0 Å². The summed E-state index contributed by atoms with van der Waals surface area (Å²) in [6.07, 6.45) is 4.88. The molecule has 10 heteroatoms. The Bertz CT molecular complexity index is 540. The number of halogens is 1. The zero-order chi connectivity index (χ0) is 15.6. The molecule has 1 rings (SSSR count). The lowest BCUT2D eigenvalue weighted by Crippen LogP contribution is -2.42. The van der Waals surface area contributed by atoms with Crippen molar-refractivity contribution in [1.29, 1.82) is 0 Å². The van der Waals surface area contributed by atoms with E-state index in [1.807, 2.05) is 6.26 Å². The number of aliphatic imine (C=N–C) groups is 1. The van der Waals surface area contributed by atoms with Crippen LogP contribution in [0.2, 0.25) is 0 Å². The number of guanidine groups is 1. The second-order valence-corrected chi connectivity index (χ2v) is 6.76. The zero-order valence-corrected chi connectivity index (χ0v) is 16.5. The summed E-state index contributed by atoms with van der Waals surface area (Å²) in [4.78, 5) is 8.01. The maximum Gasteiger partial charge on any atom is 0.242 e. The lowest BCUT2D eigenvalue weighted by atomic mass is 10.5. The Balaban J connectivity index is 0.00000441. The molecule has 0 fully saturated rings. The van der Waals surface area contributed by atoms with E-state index in [0.29, 0.717) is 12.5 Å². The predicted molar refractivity (Wildman–Crippen MR) is 103 cm³/mol. The van der Waals surface area contributed by atoms with Crippen molar-refractivity contribution in [3.05, 3.63) is 24.5 Å². The standard InChI is InChI=1S/C12H21N5O2S2.HI/c1-13-12(16-8-9-20-2)15-6-7-17-21(18,19)11-4-3-5-14-10-11;/h3-5,10,17H,6-9H2,1-2H3,(H2,13,15,16);1H. The van der Waals surface area contributed by atoms with Crippen LogP contribution in [0.4, 0.5) is 0 Å². The largest absolute Gasteiger partial charge is 0.356 e. The third kappa shape index (κ3) is 8.15. The molecule has 0 spiro atoms. The molecule has 0 aliphatic rings. The Kier molecular flexibility index (Phi) is 11.6. The highest BCUT2D eigenvalue weighted by Crippen LogP contribution is 2.04. The molecule has 0 aliphatic carbocycles. The molecule has 0 atom stereocenters. The Hall–Kier alpha value is -0.590. The summed E-state index contributed by atoms with van der Waals surface area (Å²) < 4.78 is 26.4. The van der Waals surface area contributed by atoms with E-state index in [-0.39, 0.29) is 35.4 Å². The van der Waals surface area contributed by atoms with Crippen molar-refractivity contribution in [3.63, 3.8) is 0 Å². The fraction of sp³-hybridized carbons (Fsp3) is 0.500. The Morgan fingerprint density at radius 2 is 2.05 bits per heavy atom. The minimum atomic E-state index is -3.50. The third-order valence-electron chi connectivity index (χ3n) is 2.48. The Morgan fingerprint density at radius 3 is 2.64 bits per heavy atom. The van der Waals surface area contributed by atoms with Gasteiger partial charge in [0.15, 0.2) is 5.96 Å². The number of thioether (sulfide) groups is 1. The molecule has 126 valence electrons. The van der Waals surface area contributed by atoms with Crippen LogP contribution in [0, 0.1) is 0 Å². The van der Waals surface area contributed by atoms with Gasteiger partial charge in [0.2, 0.25) is 10.0 Å². The average Bonchev–Trinajstić information content (AvgIpc) is 2.50. The van der Waals surface area contributed by atoms with Gasteiger partial charge in [0, 0.05) is 44.8 Å². The van der Waals surface area contributed by atoms with Crippen LogP contribution in [0.5, 0.6) is 0 Å². The molecule has 0 aromatic carbocycles. The first-order valence-corrected chi connectivity index (χ1v) is 9.31.